The molecule has 0 saturated heterocycles. The Labute approximate surface area is 93.1 Å². The second-order valence-corrected chi connectivity index (χ2v) is 4.17. The van der Waals surface area contributed by atoms with Gasteiger partial charge < -0.3 is 10.6 Å². The first-order chi connectivity index (χ1) is 7.20. The summed E-state index contributed by atoms with van der Waals surface area (Å²) in [5, 5.41) is 0. The molecule has 0 spiro atoms. The molecule has 84 valence electrons. The minimum atomic E-state index is 0.428. The van der Waals surface area contributed by atoms with Crippen molar-refractivity contribution >= 4 is 5.69 Å². The van der Waals surface area contributed by atoms with E-state index in [4.69, 9.17) is 5.73 Å². The van der Waals surface area contributed by atoms with Crippen LogP contribution in [-0.4, -0.2) is 19.1 Å². The lowest BCUT2D eigenvalue weighted by Crippen LogP contribution is -2.44. The van der Waals surface area contributed by atoms with Crippen molar-refractivity contribution in [1.82, 2.24) is 0 Å². The summed E-state index contributed by atoms with van der Waals surface area (Å²) in [7, 11) is 0. The van der Waals surface area contributed by atoms with Gasteiger partial charge in [-0.05, 0) is 25.0 Å². The minimum absolute atomic E-state index is 0.428. The Morgan fingerprint density at radius 1 is 1.20 bits per heavy atom. The second kappa shape index (κ2) is 5.76. The van der Waals surface area contributed by atoms with Gasteiger partial charge in [0.15, 0.2) is 0 Å². The van der Waals surface area contributed by atoms with Crippen molar-refractivity contribution < 1.29 is 0 Å². The van der Waals surface area contributed by atoms with E-state index in [2.05, 4.69) is 49.9 Å². The maximum atomic E-state index is 5.85. The maximum absolute atomic E-state index is 5.85. The molecule has 0 aliphatic rings. The summed E-state index contributed by atoms with van der Waals surface area (Å²) in [6.45, 7) is 8.34. The smallest absolute Gasteiger partial charge is 0.0435 e. The summed E-state index contributed by atoms with van der Waals surface area (Å²) in [6, 6.07) is 10.9. The lowest BCUT2D eigenvalue weighted by Gasteiger charge is -2.34. The molecule has 1 rings (SSSR count). The molecule has 0 amide bonds. The van der Waals surface area contributed by atoms with Crippen LogP contribution in [0.15, 0.2) is 30.3 Å². The fourth-order valence-electron chi connectivity index (χ4n) is 1.99. The molecule has 0 aliphatic carbocycles. The van der Waals surface area contributed by atoms with Crippen molar-refractivity contribution in [1.29, 1.82) is 0 Å². The zero-order chi connectivity index (χ0) is 11.3. The summed E-state index contributed by atoms with van der Waals surface area (Å²) in [4.78, 5) is 2.38. The van der Waals surface area contributed by atoms with Crippen LogP contribution in [0.3, 0.4) is 0 Å². The average molecular weight is 206 g/mol. The second-order valence-electron chi connectivity index (χ2n) is 4.17. The highest BCUT2D eigenvalue weighted by Gasteiger charge is 2.18. The number of nitrogens with two attached hydrogens (primary N) is 1. The number of likely N-dealkylation sites (N-methyl/N-ethyl adjacent to an activating group) is 1. The van der Waals surface area contributed by atoms with Crippen LogP contribution in [0.4, 0.5) is 5.69 Å². The summed E-state index contributed by atoms with van der Waals surface area (Å²) < 4.78 is 0. The van der Waals surface area contributed by atoms with E-state index in [0.29, 0.717) is 18.5 Å². The van der Waals surface area contributed by atoms with Gasteiger partial charge in [-0.3, -0.25) is 0 Å². The lowest BCUT2D eigenvalue weighted by molar-refractivity contribution is 0.465. The molecule has 0 saturated carbocycles. The summed E-state index contributed by atoms with van der Waals surface area (Å²) >= 11 is 0. The van der Waals surface area contributed by atoms with E-state index in [1.807, 2.05) is 6.07 Å². The van der Waals surface area contributed by atoms with E-state index in [1.165, 1.54) is 5.69 Å². The van der Waals surface area contributed by atoms with Crippen molar-refractivity contribution in [2.75, 3.05) is 18.0 Å². The molecule has 1 atom stereocenters. The Bertz CT molecular complexity index is 269. The van der Waals surface area contributed by atoms with Gasteiger partial charge in [-0.1, -0.05) is 32.0 Å². The van der Waals surface area contributed by atoms with Crippen LogP contribution in [0.1, 0.15) is 20.8 Å². The van der Waals surface area contributed by atoms with Crippen LogP contribution < -0.4 is 10.6 Å². The third-order valence-corrected chi connectivity index (χ3v) is 2.84. The van der Waals surface area contributed by atoms with Gasteiger partial charge in [0.05, 0.1) is 0 Å². The largest absolute Gasteiger partial charge is 0.367 e. The van der Waals surface area contributed by atoms with Gasteiger partial charge in [0.25, 0.3) is 0 Å². The molecule has 2 N–H and O–H groups in total. The Kier molecular flexibility index (Phi) is 4.63. The first-order valence-electron chi connectivity index (χ1n) is 5.72. The van der Waals surface area contributed by atoms with Gasteiger partial charge in [-0.25, -0.2) is 0 Å². The molecule has 1 aromatic carbocycles. The zero-order valence-electron chi connectivity index (χ0n) is 9.98. The van der Waals surface area contributed by atoms with Crippen molar-refractivity contribution in [2.45, 2.75) is 26.8 Å². The van der Waals surface area contributed by atoms with Crippen molar-refractivity contribution in [2.24, 2.45) is 11.7 Å². The van der Waals surface area contributed by atoms with E-state index >= 15 is 0 Å². The maximum Gasteiger partial charge on any atom is 0.0435 e. The highest BCUT2D eigenvalue weighted by atomic mass is 15.2. The van der Waals surface area contributed by atoms with Crippen LogP contribution >= 0.6 is 0 Å². The summed E-state index contributed by atoms with van der Waals surface area (Å²) in [5.41, 5.74) is 7.11. The van der Waals surface area contributed by atoms with Crippen LogP contribution in [0.5, 0.6) is 0 Å². The summed E-state index contributed by atoms with van der Waals surface area (Å²) in [6.07, 6.45) is 0. The molecule has 0 radical (unpaired) electrons. The van der Waals surface area contributed by atoms with Crippen molar-refractivity contribution in [3.8, 4) is 0 Å². The first-order valence-corrected chi connectivity index (χ1v) is 5.72. The van der Waals surface area contributed by atoms with Gasteiger partial charge in [0.1, 0.15) is 0 Å². The molecular formula is C13H22N2. The zero-order valence-corrected chi connectivity index (χ0v) is 9.98. The Balaban J connectivity index is 2.87. The molecule has 0 fully saturated rings. The van der Waals surface area contributed by atoms with Crippen molar-refractivity contribution in [3.05, 3.63) is 30.3 Å². The fraction of sp³-hybridized carbons (Fsp3) is 0.538. The summed E-state index contributed by atoms with van der Waals surface area (Å²) in [5.74, 6) is 0.579. The van der Waals surface area contributed by atoms with Gasteiger partial charge in [-0.2, -0.15) is 0 Å². The lowest BCUT2D eigenvalue weighted by atomic mass is 10.0. The van der Waals surface area contributed by atoms with Crippen LogP contribution in [-0.2, 0) is 0 Å². The number of anilines is 1. The molecule has 0 aromatic heterocycles. The Morgan fingerprint density at radius 2 is 1.80 bits per heavy atom. The number of benzene rings is 1. The number of nitrogens with zero attached hydrogens (tertiary/aromatic N) is 1. The number of rotatable bonds is 5. The number of hydrogen-bond donors (Lipinski definition) is 1. The molecule has 15 heavy (non-hydrogen) atoms. The van der Waals surface area contributed by atoms with E-state index in [0.717, 1.165) is 6.54 Å². The monoisotopic (exact) mass is 206 g/mol. The highest BCUT2D eigenvalue weighted by molar-refractivity contribution is 5.47. The predicted octanol–water partition coefficient (Wildman–Crippen LogP) is 2.50. The quantitative estimate of drug-likeness (QED) is 0.802. The molecule has 1 unspecified atom stereocenters. The van der Waals surface area contributed by atoms with Gasteiger partial charge >= 0.3 is 0 Å². The minimum Gasteiger partial charge on any atom is -0.367 e. The topological polar surface area (TPSA) is 29.3 Å². The van der Waals surface area contributed by atoms with Gasteiger partial charge in [0, 0.05) is 24.8 Å². The Morgan fingerprint density at radius 3 is 2.20 bits per heavy atom. The SMILES string of the molecule is CCN(c1ccccc1)C(CN)C(C)C. The first kappa shape index (κ1) is 12.1. The van der Waals surface area contributed by atoms with Crippen LogP contribution in [0.2, 0.25) is 0 Å². The van der Waals surface area contributed by atoms with Crippen molar-refractivity contribution in [3.63, 3.8) is 0 Å². The molecule has 0 bridgehead atoms. The molecule has 0 heterocycles. The van der Waals surface area contributed by atoms with E-state index in [-0.39, 0.29) is 0 Å². The van der Waals surface area contributed by atoms with E-state index in [1.54, 1.807) is 0 Å². The molecule has 0 aliphatic heterocycles. The normalized spacial score (nSPS) is 12.9. The molecule has 2 nitrogen and oxygen atoms in total. The third-order valence-electron chi connectivity index (χ3n) is 2.84. The highest BCUT2D eigenvalue weighted by Crippen LogP contribution is 2.19. The van der Waals surface area contributed by atoms with Crippen LogP contribution in [0, 0.1) is 5.92 Å². The van der Waals surface area contributed by atoms with Gasteiger partial charge in [-0.15, -0.1) is 0 Å². The van der Waals surface area contributed by atoms with E-state index in [9.17, 15) is 0 Å². The number of para-hydroxylation sites is 1. The third kappa shape index (κ3) is 2.96. The molecule has 1 aromatic rings. The fourth-order valence-corrected chi connectivity index (χ4v) is 1.99. The average Bonchev–Trinajstić information content (AvgIpc) is 2.26. The predicted molar refractivity (Wildman–Crippen MR) is 67.1 cm³/mol. The Hall–Kier alpha value is -1.02. The standard InChI is InChI=1S/C13H22N2/c1-4-15(13(10-14)11(2)3)12-8-6-5-7-9-12/h5-9,11,13H,4,10,14H2,1-3H3. The molecule has 2 heteroatoms. The van der Waals surface area contributed by atoms with Crippen LogP contribution in [0.25, 0.3) is 0 Å². The molecular weight excluding hydrogens is 184 g/mol. The van der Waals surface area contributed by atoms with E-state index < -0.39 is 0 Å². The number of hydrogen-bond acceptors (Lipinski definition) is 2. The van der Waals surface area contributed by atoms with Gasteiger partial charge in [0.2, 0.25) is 0 Å².